The molecule has 1 heterocycles. The Kier molecular flexibility index (Phi) is 4.62. The van der Waals surface area contributed by atoms with Gasteiger partial charge in [-0.25, -0.2) is 0 Å². The van der Waals surface area contributed by atoms with Crippen molar-refractivity contribution in [3.63, 3.8) is 0 Å². The van der Waals surface area contributed by atoms with E-state index in [-0.39, 0.29) is 6.04 Å². The van der Waals surface area contributed by atoms with Crippen molar-refractivity contribution >= 4 is 11.6 Å². The molecule has 0 saturated carbocycles. The summed E-state index contributed by atoms with van der Waals surface area (Å²) in [6.45, 7) is 3.25. The van der Waals surface area contributed by atoms with E-state index in [0.29, 0.717) is 6.04 Å². The molecule has 2 rings (SSSR count). The molecule has 1 aromatic carbocycles. The molecule has 4 heteroatoms. The van der Waals surface area contributed by atoms with Crippen LogP contribution in [0.25, 0.3) is 0 Å². The highest BCUT2D eigenvalue weighted by molar-refractivity contribution is 6.30. The number of nitrogens with zero attached hydrogens (tertiary/aromatic N) is 2. The zero-order valence-corrected chi connectivity index (χ0v) is 11.9. The average molecular weight is 268 g/mol. The van der Waals surface area contributed by atoms with E-state index in [1.807, 2.05) is 18.2 Å². The summed E-state index contributed by atoms with van der Waals surface area (Å²) < 4.78 is 0. The van der Waals surface area contributed by atoms with Crippen molar-refractivity contribution in [1.29, 1.82) is 0 Å². The summed E-state index contributed by atoms with van der Waals surface area (Å²) in [5.41, 5.74) is 7.55. The quantitative estimate of drug-likeness (QED) is 0.889. The van der Waals surface area contributed by atoms with Crippen LogP contribution in [0.1, 0.15) is 18.0 Å². The topological polar surface area (TPSA) is 32.5 Å². The van der Waals surface area contributed by atoms with Crippen molar-refractivity contribution in [3.8, 4) is 0 Å². The smallest absolute Gasteiger partial charge is 0.0466 e. The van der Waals surface area contributed by atoms with Crippen LogP contribution in [0.5, 0.6) is 0 Å². The summed E-state index contributed by atoms with van der Waals surface area (Å²) in [4.78, 5) is 4.73. The summed E-state index contributed by atoms with van der Waals surface area (Å²) >= 11 is 6.05. The van der Waals surface area contributed by atoms with Crippen LogP contribution in [0, 0.1) is 0 Å². The monoisotopic (exact) mass is 267 g/mol. The molecule has 1 aliphatic heterocycles. The molecule has 100 valence electrons. The van der Waals surface area contributed by atoms with Crippen molar-refractivity contribution in [2.45, 2.75) is 18.5 Å². The minimum absolute atomic E-state index is 0.00856. The van der Waals surface area contributed by atoms with E-state index in [1.165, 1.54) is 6.42 Å². The van der Waals surface area contributed by atoms with E-state index in [2.05, 4.69) is 30.0 Å². The number of nitrogens with two attached hydrogens (primary N) is 1. The van der Waals surface area contributed by atoms with Gasteiger partial charge in [-0.15, -0.1) is 0 Å². The maximum Gasteiger partial charge on any atom is 0.0466 e. The highest BCUT2D eigenvalue weighted by Gasteiger charge is 2.27. The highest BCUT2D eigenvalue weighted by atomic mass is 35.5. The van der Waals surface area contributed by atoms with E-state index in [9.17, 15) is 0 Å². The van der Waals surface area contributed by atoms with Crippen LogP contribution < -0.4 is 5.73 Å². The van der Waals surface area contributed by atoms with Gasteiger partial charge in [0.25, 0.3) is 0 Å². The molecule has 2 atom stereocenters. The fraction of sp³-hybridized carbons (Fsp3) is 0.571. The number of hydrogen-bond acceptors (Lipinski definition) is 3. The predicted octanol–water partition coefficient (Wildman–Crippen LogP) is 1.98. The van der Waals surface area contributed by atoms with Crippen LogP contribution >= 0.6 is 11.6 Å². The van der Waals surface area contributed by atoms with Gasteiger partial charge in [0.15, 0.2) is 0 Å². The number of rotatable bonds is 2. The van der Waals surface area contributed by atoms with E-state index in [1.54, 1.807) is 0 Å². The zero-order valence-electron chi connectivity index (χ0n) is 11.1. The second kappa shape index (κ2) is 6.02. The molecule has 0 radical (unpaired) electrons. The second-order valence-corrected chi connectivity index (χ2v) is 5.68. The Labute approximate surface area is 115 Å². The third-order valence-corrected chi connectivity index (χ3v) is 4.00. The van der Waals surface area contributed by atoms with Crippen LogP contribution in [0.15, 0.2) is 24.3 Å². The molecule has 0 bridgehead atoms. The lowest BCUT2D eigenvalue weighted by Crippen LogP contribution is -2.45. The number of hydrogen-bond donors (Lipinski definition) is 1. The SMILES string of the molecule is CN1CCCN(C)C(C(N)c2cccc(Cl)c2)C1. The summed E-state index contributed by atoms with van der Waals surface area (Å²) in [6, 6.07) is 8.25. The lowest BCUT2D eigenvalue weighted by atomic mass is 9.99. The van der Waals surface area contributed by atoms with Gasteiger partial charge in [0, 0.05) is 23.7 Å². The van der Waals surface area contributed by atoms with Gasteiger partial charge in [-0.3, -0.25) is 0 Å². The molecule has 0 aliphatic carbocycles. The lowest BCUT2D eigenvalue weighted by Gasteiger charge is -2.32. The van der Waals surface area contributed by atoms with Gasteiger partial charge in [-0.1, -0.05) is 23.7 Å². The van der Waals surface area contributed by atoms with Crippen LogP contribution in [0.2, 0.25) is 5.02 Å². The highest BCUT2D eigenvalue weighted by Crippen LogP contribution is 2.23. The fourth-order valence-corrected chi connectivity index (χ4v) is 2.83. The summed E-state index contributed by atoms with van der Waals surface area (Å²) in [7, 11) is 4.32. The number of benzene rings is 1. The van der Waals surface area contributed by atoms with Crippen molar-refractivity contribution in [2.75, 3.05) is 33.7 Å². The zero-order chi connectivity index (χ0) is 13.1. The van der Waals surface area contributed by atoms with Crippen LogP contribution in [-0.2, 0) is 0 Å². The second-order valence-electron chi connectivity index (χ2n) is 5.24. The predicted molar refractivity (Wildman–Crippen MR) is 76.9 cm³/mol. The van der Waals surface area contributed by atoms with Gasteiger partial charge in [-0.2, -0.15) is 0 Å². The molecule has 1 aliphatic rings. The fourth-order valence-electron chi connectivity index (χ4n) is 2.63. The summed E-state index contributed by atoms with van der Waals surface area (Å²) in [6.07, 6.45) is 1.20. The minimum atomic E-state index is 0.00856. The Morgan fingerprint density at radius 3 is 2.83 bits per heavy atom. The molecule has 0 spiro atoms. The number of halogens is 1. The van der Waals surface area contributed by atoms with E-state index >= 15 is 0 Å². The maximum atomic E-state index is 6.43. The summed E-state index contributed by atoms with van der Waals surface area (Å²) in [5.74, 6) is 0. The Morgan fingerprint density at radius 2 is 2.11 bits per heavy atom. The average Bonchev–Trinajstić information content (AvgIpc) is 2.50. The molecule has 0 aromatic heterocycles. The van der Waals surface area contributed by atoms with Gasteiger partial charge in [0.05, 0.1) is 0 Å². The van der Waals surface area contributed by atoms with E-state index < -0.39 is 0 Å². The molecule has 18 heavy (non-hydrogen) atoms. The third kappa shape index (κ3) is 3.23. The van der Waals surface area contributed by atoms with Crippen LogP contribution in [-0.4, -0.2) is 49.6 Å². The lowest BCUT2D eigenvalue weighted by molar-refractivity contribution is 0.196. The van der Waals surface area contributed by atoms with Gasteiger partial charge in [0.2, 0.25) is 0 Å². The Hall–Kier alpha value is -0.610. The summed E-state index contributed by atoms with van der Waals surface area (Å²) in [5, 5.41) is 0.757. The molecule has 2 N–H and O–H groups in total. The first-order valence-electron chi connectivity index (χ1n) is 6.48. The van der Waals surface area contributed by atoms with E-state index in [4.69, 9.17) is 17.3 Å². The Morgan fingerprint density at radius 1 is 1.33 bits per heavy atom. The first-order valence-corrected chi connectivity index (χ1v) is 6.85. The number of likely N-dealkylation sites (N-methyl/N-ethyl adjacent to an activating group) is 2. The van der Waals surface area contributed by atoms with Gasteiger partial charge < -0.3 is 15.5 Å². The van der Waals surface area contributed by atoms with Crippen molar-refractivity contribution in [1.82, 2.24) is 9.80 Å². The van der Waals surface area contributed by atoms with Gasteiger partial charge in [-0.05, 0) is 51.3 Å². The molecule has 1 fully saturated rings. The van der Waals surface area contributed by atoms with Gasteiger partial charge >= 0.3 is 0 Å². The van der Waals surface area contributed by atoms with Gasteiger partial charge in [0.1, 0.15) is 0 Å². The molecule has 2 unspecified atom stereocenters. The molecule has 1 saturated heterocycles. The Bertz CT molecular complexity index is 396. The first-order chi connectivity index (χ1) is 8.58. The maximum absolute atomic E-state index is 6.43. The molecule has 3 nitrogen and oxygen atoms in total. The van der Waals surface area contributed by atoms with Crippen molar-refractivity contribution < 1.29 is 0 Å². The standard InChI is InChI=1S/C14H22ClN3/c1-17-7-4-8-18(2)13(10-17)14(16)11-5-3-6-12(15)9-11/h3,5-6,9,13-14H,4,7-8,10,16H2,1-2H3. The molecular weight excluding hydrogens is 246 g/mol. The third-order valence-electron chi connectivity index (χ3n) is 3.76. The van der Waals surface area contributed by atoms with E-state index in [0.717, 1.165) is 30.2 Å². The molecule has 0 amide bonds. The van der Waals surface area contributed by atoms with Crippen molar-refractivity contribution in [2.24, 2.45) is 5.73 Å². The normalized spacial score (nSPS) is 24.8. The Balaban J connectivity index is 2.17. The van der Waals surface area contributed by atoms with Crippen LogP contribution in [0.3, 0.4) is 0 Å². The van der Waals surface area contributed by atoms with Crippen molar-refractivity contribution in [3.05, 3.63) is 34.9 Å². The first kappa shape index (κ1) is 13.8. The molecular formula is C14H22ClN3. The van der Waals surface area contributed by atoms with Crippen LogP contribution in [0.4, 0.5) is 0 Å². The largest absolute Gasteiger partial charge is 0.323 e. The molecule has 1 aromatic rings. The minimum Gasteiger partial charge on any atom is -0.323 e.